The molecule has 1 atom stereocenters. The molecule has 1 aliphatic heterocycles. The maximum atomic E-state index is 12.7. The van der Waals surface area contributed by atoms with Gasteiger partial charge in [0.25, 0.3) is 5.56 Å². The first-order valence-electron chi connectivity index (χ1n) is 9.76. The maximum Gasteiger partial charge on any atom is 0.255 e. The van der Waals surface area contributed by atoms with Gasteiger partial charge in [0.15, 0.2) is 0 Å². The molecule has 0 saturated carbocycles. The average molecular weight is 374 g/mol. The fourth-order valence-electron chi connectivity index (χ4n) is 4.31. The largest absolute Gasteiger partial charge is 0.342 e. The highest BCUT2D eigenvalue weighted by Gasteiger charge is 2.28. The summed E-state index contributed by atoms with van der Waals surface area (Å²) in [6.07, 6.45) is 6.14. The number of fused-ring (bicyclic) bond motifs is 2. The number of pyridine rings is 1. The molecular weight excluding hydrogens is 352 g/mol. The molecular formula is C21H22N6O. The summed E-state index contributed by atoms with van der Waals surface area (Å²) < 4.78 is 1.79. The number of aromatic nitrogens is 5. The van der Waals surface area contributed by atoms with E-state index in [2.05, 4.69) is 27.0 Å². The maximum absolute atomic E-state index is 12.7. The van der Waals surface area contributed by atoms with Crippen molar-refractivity contribution >= 4 is 5.95 Å². The van der Waals surface area contributed by atoms with Crippen LogP contribution in [-0.4, -0.2) is 37.6 Å². The van der Waals surface area contributed by atoms with Gasteiger partial charge < -0.3 is 4.90 Å². The Kier molecular flexibility index (Phi) is 4.15. The van der Waals surface area contributed by atoms with Crippen LogP contribution >= 0.6 is 0 Å². The van der Waals surface area contributed by atoms with Gasteiger partial charge in [0, 0.05) is 43.3 Å². The van der Waals surface area contributed by atoms with Crippen molar-refractivity contribution in [3.63, 3.8) is 0 Å². The lowest BCUT2D eigenvalue weighted by molar-refractivity contribution is 0.476. The number of rotatable bonds is 3. The van der Waals surface area contributed by atoms with Crippen LogP contribution in [0.4, 0.5) is 5.95 Å². The minimum Gasteiger partial charge on any atom is -0.342 e. The SMILES string of the molecule is Cc1ccc2c(n1)C[C@H](CN1CCCn3c1nc(-c1ccncn1)cc3=O)C2. The fourth-order valence-corrected chi connectivity index (χ4v) is 4.31. The Balaban J connectivity index is 1.44. The molecule has 0 radical (unpaired) electrons. The van der Waals surface area contributed by atoms with E-state index in [-0.39, 0.29) is 5.56 Å². The second-order valence-corrected chi connectivity index (χ2v) is 7.66. The molecule has 0 fully saturated rings. The summed E-state index contributed by atoms with van der Waals surface area (Å²) in [4.78, 5) is 32.7. The Labute approximate surface area is 163 Å². The van der Waals surface area contributed by atoms with Crippen LogP contribution in [0.3, 0.4) is 0 Å². The van der Waals surface area contributed by atoms with Gasteiger partial charge in [-0.1, -0.05) is 6.07 Å². The molecule has 0 bridgehead atoms. The van der Waals surface area contributed by atoms with Crippen molar-refractivity contribution in [2.45, 2.75) is 32.7 Å². The van der Waals surface area contributed by atoms with Crippen LogP contribution in [0.15, 0.2) is 41.6 Å². The van der Waals surface area contributed by atoms with Crippen LogP contribution in [0, 0.1) is 12.8 Å². The van der Waals surface area contributed by atoms with Crippen molar-refractivity contribution in [2.75, 3.05) is 18.0 Å². The van der Waals surface area contributed by atoms with E-state index in [1.165, 1.54) is 17.6 Å². The summed E-state index contributed by atoms with van der Waals surface area (Å²) in [6.45, 7) is 4.56. The molecule has 3 aromatic rings. The second-order valence-electron chi connectivity index (χ2n) is 7.66. The normalized spacial score (nSPS) is 18.0. The quantitative estimate of drug-likeness (QED) is 0.698. The summed E-state index contributed by atoms with van der Waals surface area (Å²) in [5.41, 5.74) is 4.92. The zero-order valence-corrected chi connectivity index (χ0v) is 15.9. The molecule has 0 amide bonds. The van der Waals surface area contributed by atoms with Crippen molar-refractivity contribution in [3.05, 3.63) is 64.1 Å². The molecule has 0 unspecified atom stereocenters. The van der Waals surface area contributed by atoms with Gasteiger partial charge in [-0.05, 0) is 49.8 Å². The highest BCUT2D eigenvalue weighted by Crippen LogP contribution is 2.28. The predicted octanol–water partition coefficient (Wildman–Crippen LogP) is 2.03. The van der Waals surface area contributed by atoms with Gasteiger partial charge in [0.1, 0.15) is 6.33 Å². The van der Waals surface area contributed by atoms with E-state index < -0.39 is 0 Å². The van der Waals surface area contributed by atoms with Crippen LogP contribution in [0.1, 0.15) is 23.4 Å². The molecule has 2 aliphatic rings. The van der Waals surface area contributed by atoms with E-state index in [4.69, 9.17) is 9.97 Å². The lowest BCUT2D eigenvalue weighted by atomic mass is 10.1. The van der Waals surface area contributed by atoms with Crippen molar-refractivity contribution < 1.29 is 0 Å². The second kappa shape index (κ2) is 6.82. The van der Waals surface area contributed by atoms with E-state index in [0.29, 0.717) is 23.9 Å². The van der Waals surface area contributed by atoms with Crippen LogP contribution in [-0.2, 0) is 19.4 Å². The molecule has 4 heterocycles. The van der Waals surface area contributed by atoms with Gasteiger partial charge in [-0.15, -0.1) is 0 Å². The topological polar surface area (TPSA) is 76.8 Å². The van der Waals surface area contributed by atoms with Crippen LogP contribution < -0.4 is 10.5 Å². The molecule has 142 valence electrons. The fraction of sp³-hybridized carbons (Fsp3) is 0.381. The number of nitrogens with zero attached hydrogens (tertiary/aromatic N) is 6. The van der Waals surface area contributed by atoms with E-state index >= 15 is 0 Å². The van der Waals surface area contributed by atoms with Gasteiger partial charge >= 0.3 is 0 Å². The Morgan fingerprint density at radius 1 is 1.11 bits per heavy atom. The van der Waals surface area contributed by atoms with Gasteiger partial charge in [0.2, 0.25) is 5.95 Å². The van der Waals surface area contributed by atoms with Crippen LogP contribution in [0.5, 0.6) is 0 Å². The van der Waals surface area contributed by atoms with E-state index in [1.807, 2.05) is 6.92 Å². The van der Waals surface area contributed by atoms with Gasteiger partial charge in [0.05, 0.1) is 11.4 Å². The standard InChI is InChI=1S/C21H22N6O/c1-14-3-4-16-9-15(10-18(16)24-14)12-26-7-2-8-27-20(28)11-19(25-21(26)27)17-5-6-22-13-23-17/h3-6,11,13,15H,2,7-10,12H2,1H3/t15-/m1/s1. The minimum absolute atomic E-state index is 0.0182. The molecule has 0 N–H and O–H groups in total. The summed E-state index contributed by atoms with van der Waals surface area (Å²) in [5, 5.41) is 0. The Bertz CT molecular complexity index is 1080. The third-order valence-electron chi connectivity index (χ3n) is 5.60. The number of aryl methyl sites for hydroxylation is 1. The Morgan fingerprint density at radius 2 is 2.04 bits per heavy atom. The number of hydrogen-bond acceptors (Lipinski definition) is 6. The molecule has 0 aromatic carbocycles. The predicted molar refractivity (Wildman–Crippen MR) is 106 cm³/mol. The molecule has 0 saturated heterocycles. The zero-order chi connectivity index (χ0) is 19.1. The van der Waals surface area contributed by atoms with Gasteiger partial charge in [-0.25, -0.2) is 15.0 Å². The van der Waals surface area contributed by atoms with E-state index in [9.17, 15) is 4.79 Å². The molecule has 3 aromatic heterocycles. The summed E-state index contributed by atoms with van der Waals surface area (Å²) in [5.74, 6) is 1.25. The molecule has 1 aliphatic carbocycles. The highest BCUT2D eigenvalue weighted by molar-refractivity contribution is 5.55. The third kappa shape index (κ3) is 3.06. The van der Waals surface area contributed by atoms with Crippen molar-refractivity contribution in [3.8, 4) is 11.4 Å². The molecule has 0 spiro atoms. The smallest absolute Gasteiger partial charge is 0.255 e. The molecule has 5 rings (SSSR count). The van der Waals surface area contributed by atoms with Gasteiger partial charge in [-0.2, -0.15) is 0 Å². The van der Waals surface area contributed by atoms with Crippen LogP contribution in [0.25, 0.3) is 11.4 Å². The Hall–Kier alpha value is -3.09. The lowest BCUT2D eigenvalue weighted by Gasteiger charge is -2.32. The number of hydrogen-bond donors (Lipinski definition) is 0. The summed E-state index contributed by atoms with van der Waals surface area (Å²) in [7, 11) is 0. The first kappa shape index (κ1) is 17.0. The average Bonchev–Trinajstić information content (AvgIpc) is 3.10. The monoisotopic (exact) mass is 374 g/mol. The number of anilines is 1. The van der Waals surface area contributed by atoms with Crippen molar-refractivity contribution in [1.29, 1.82) is 0 Å². The molecule has 7 nitrogen and oxygen atoms in total. The third-order valence-corrected chi connectivity index (χ3v) is 5.60. The summed E-state index contributed by atoms with van der Waals surface area (Å²) >= 11 is 0. The minimum atomic E-state index is -0.0182. The van der Waals surface area contributed by atoms with Crippen molar-refractivity contribution in [1.82, 2.24) is 24.5 Å². The van der Waals surface area contributed by atoms with Gasteiger partial charge in [-0.3, -0.25) is 14.3 Å². The molecule has 7 heteroatoms. The Morgan fingerprint density at radius 3 is 2.89 bits per heavy atom. The zero-order valence-electron chi connectivity index (χ0n) is 15.9. The lowest BCUT2D eigenvalue weighted by Crippen LogP contribution is -2.41. The van der Waals surface area contributed by atoms with E-state index in [1.54, 1.807) is 22.9 Å². The molecule has 28 heavy (non-hydrogen) atoms. The summed E-state index contributed by atoms with van der Waals surface area (Å²) in [6, 6.07) is 7.66. The highest BCUT2D eigenvalue weighted by atomic mass is 16.1. The van der Waals surface area contributed by atoms with Crippen molar-refractivity contribution in [2.24, 2.45) is 5.92 Å². The first-order valence-corrected chi connectivity index (χ1v) is 9.76. The first-order chi connectivity index (χ1) is 13.7. The van der Waals surface area contributed by atoms with Crippen LogP contribution in [0.2, 0.25) is 0 Å². The van der Waals surface area contributed by atoms with E-state index in [0.717, 1.165) is 44.0 Å².